The van der Waals surface area contributed by atoms with Crippen molar-refractivity contribution in [3.8, 4) is 5.75 Å². The number of morpholine rings is 1. The SMILES string of the molecule is CCC(NC(=O)N1CCC2(CC1)CN(C)C(=O)CO2)c1ccc(OC)cc1. The highest BCUT2D eigenvalue weighted by molar-refractivity contribution is 5.78. The van der Waals surface area contributed by atoms with Crippen molar-refractivity contribution in [1.82, 2.24) is 15.1 Å². The van der Waals surface area contributed by atoms with Crippen molar-refractivity contribution in [2.45, 2.75) is 37.8 Å². The monoisotopic (exact) mass is 375 g/mol. The van der Waals surface area contributed by atoms with E-state index in [-0.39, 0.29) is 30.2 Å². The van der Waals surface area contributed by atoms with Gasteiger partial charge in [0.2, 0.25) is 5.91 Å². The molecule has 3 rings (SSSR count). The van der Waals surface area contributed by atoms with Crippen molar-refractivity contribution in [3.05, 3.63) is 29.8 Å². The van der Waals surface area contributed by atoms with Crippen LogP contribution in [-0.2, 0) is 9.53 Å². The molecule has 1 spiro atoms. The summed E-state index contributed by atoms with van der Waals surface area (Å²) in [4.78, 5) is 28.0. The van der Waals surface area contributed by atoms with Crippen molar-refractivity contribution in [3.63, 3.8) is 0 Å². The summed E-state index contributed by atoms with van der Waals surface area (Å²) in [5, 5.41) is 3.14. The van der Waals surface area contributed by atoms with Crippen LogP contribution in [0.25, 0.3) is 0 Å². The molecule has 2 heterocycles. The number of rotatable bonds is 4. The number of likely N-dealkylation sites (tertiary alicyclic amines) is 1. The van der Waals surface area contributed by atoms with Gasteiger partial charge in [-0.05, 0) is 37.0 Å². The molecule has 3 amide bonds. The molecule has 7 heteroatoms. The summed E-state index contributed by atoms with van der Waals surface area (Å²) in [5.74, 6) is 0.822. The van der Waals surface area contributed by atoms with Crippen LogP contribution < -0.4 is 10.1 Å². The highest BCUT2D eigenvalue weighted by atomic mass is 16.5. The number of nitrogens with zero attached hydrogens (tertiary/aromatic N) is 2. The summed E-state index contributed by atoms with van der Waals surface area (Å²) in [6.07, 6.45) is 2.31. The second-order valence-corrected chi connectivity index (χ2v) is 7.39. The zero-order valence-corrected chi connectivity index (χ0v) is 16.4. The topological polar surface area (TPSA) is 71.1 Å². The molecule has 1 atom stereocenters. The quantitative estimate of drug-likeness (QED) is 0.876. The minimum Gasteiger partial charge on any atom is -0.497 e. The lowest BCUT2D eigenvalue weighted by atomic mass is 9.89. The number of piperidine rings is 1. The third-order valence-corrected chi connectivity index (χ3v) is 5.64. The van der Waals surface area contributed by atoms with E-state index in [2.05, 4.69) is 12.2 Å². The Morgan fingerprint density at radius 1 is 1.30 bits per heavy atom. The Morgan fingerprint density at radius 3 is 2.52 bits per heavy atom. The van der Waals surface area contributed by atoms with Crippen LogP contribution in [0.1, 0.15) is 37.8 Å². The second-order valence-electron chi connectivity index (χ2n) is 7.39. The van der Waals surface area contributed by atoms with Crippen molar-refractivity contribution < 1.29 is 19.1 Å². The third kappa shape index (κ3) is 4.35. The fourth-order valence-electron chi connectivity index (χ4n) is 3.81. The molecule has 1 unspecified atom stereocenters. The standard InChI is InChI=1S/C20H29N3O4/c1-4-17(15-5-7-16(26-3)8-6-15)21-19(25)23-11-9-20(10-12-23)14-22(2)18(24)13-27-20/h5-8,17H,4,9-14H2,1-3H3,(H,21,25). The first-order valence-electron chi connectivity index (χ1n) is 9.53. The molecule has 0 aromatic heterocycles. The Balaban J connectivity index is 1.56. The number of ether oxygens (including phenoxy) is 2. The van der Waals surface area contributed by atoms with Gasteiger partial charge in [-0.15, -0.1) is 0 Å². The molecule has 0 aliphatic carbocycles. The van der Waals surface area contributed by atoms with Crippen LogP contribution in [-0.4, -0.2) is 67.7 Å². The number of benzene rings is 1. The van der Waals surface area contributed by atoms with Crippen molar-refractivity contribution in [2.24, 2.45) is 0 Å². The van der Waals surface area contributed by atoms with Gasteiger partial charge in [0.05, 0.1) is 18.8 Å². The highest BCUT2D eigenvalue weighted by Gasteiger charge is 2.42. The smallest absolute Gasteiger partial charge is 0.317 e. The average Bonchev–Trinajstić information content (AvgIpc) is 2.70. The molecule has 1 aromatic rings. The zero-order valence-electron chi connectivity index (χ0n) is 16.4. The number of carbonyl (C=O) groups excluding carboxylic acids is 2. The molecule has 0 saturated carbocycles. The number of carbonyl (C=O) groups is 2. The Bertz CT molecular complexity index is 668. The van der Waals surface area contributed by atoms with Gasteiger partial charge in [-0.3, -0.25) is 4.79 Å². The van der Waals surface area contributed by atoms with E-state index in [1.54, 1.807) is 12.0 Å². The van der Waals surface area contributed by atoms with Crippen LogP contribution in [0.3, 0.4) is 0 Å². The van der Waals surface area contributed by atoms with E-state index in [0.717, 1.165) is 30.6 Å². The van der Waals surface area contributed by atoms with E-state index in [1.807, 2.05) is 36.2 Å². The van der Waals surface area contributed by atoms with Gasteiger partial charge in [0, 0.05) is 26.7 Å². The number of hydrogen-bond donors (Lipinski definition) is 1. The van der Waals surface area contributed by atoms with Crippen LogP contribution in [0.5, 0.6) is 5.75 Å². The first-order valence-corrected chi connectivity index (χ1v) is 9.53. The third-order valence-electron chi connectivity index (χ3n) is 5.64. The number of urea groups is 1. The molecule has 0 radical (unpaired) electrons. The van der Waals surface area contributed by atoms with Crippen molar-refractivity contribution in [1.29, 1.82) is 0 Å². The van der Waals surface area contributed by atoms with E-state index < -0.39 is 0 Å². The molecule has 27 heavy (non-hydrogen) atoms. The number of methoxy groups -OCH3 is 1. The second kappa shape index (κ2) is 8.17. The maximum atomic E-state index is 12.7. The van der Waals surface area contributed by atoms with Gasteiger partial charge in [0.15, 0.2) is 0 Å². The van der Waals surface area contributed by atoms with Crippen LogP contribution in [0, 0.1) is 0 Å². The van der Waals surface area contributed by atoms with E-state index >= 15 is 0 Å². The number of nitrogens with one attached hydrogen (secondary N) is 1. The van der Waals surface area contributed by atoms with E-state index in [4.69, 9.17) is 9.47 Å². The van der Waals surface area contributed by atoms with Gasteiger partial charge < -0.3 is 24.6 Å². The van der Waals surface area contributed by atoms with Crippen LogP contribution in [0.2, 0.25) is 0 Å². The predicted octanol–water partition coefficient (Wildman–Crippen LogP) is 2.18. The summed E-state index contributed by atoms with van der Waals surface area (Å²) >= 11 is 0. The number of likely N-dealkylation sites (N-methyl/N-ethyl adjacent to an activating group) is 1. The highest BCUT2D eigenvalue weighted by Crippen LogP contribution is 2.30. The Labute approximate surface area is 160 Å². The predicted molar refractivity (Wildman–Crippen MR) is 102 cm³/mol. The first kappa shape index (κ1) is 19.5. The largest absolute Gasteiger partial charge is 0.497 e. The molecule has 7 nitrogen and oxygen atoms in total. The molecule has 1 aromatic carbocycles. The molecule has 2 saturated heterocycles. The molecule has 0 bridgehead atoms. The maximum Gasteiger partial charge on any atom is 0.317 e. The molecule has 2 aliphatic heterocycles. The molecule has 2 aliphatic rings. The average molecular weight is 375 g/mol. The molecule has 1 N–H and O–H groups in total. The molecule has 2 fully saturated rings. The minimum absolute atomic E-state index is 0.0195. The Morgan fingerprint density at radius 2 is 1.96 bits per heavy atom. The number of amides is 3. The summed E-state index contributed by atoms with van der Waals surface area (Å²) in [7, 11) is 3.45. The van der Waals surface area contributed by atoms with Crippen LogP contribution in [0.4, 0.5) is 4.79 Å². The lowest BCUT2D eigenvalue weighted by Gasteiger charge is -2.46. The lowest BCUT2D eigenvalue weighted by Crippen LogP contribution is -2.59. The fourth-order valence-corrected chi connectivity index (χ4v) is 3.81. The molecular formula is C20H29N3O4. The van der Waals surface area contributed by atoms with Gasteiger partial charge in [0.1, 0.15) is 12.4 Å². The van der Waals surface area contributed by atoms with Gasteiger partial charge in [0.25, 0.3) is 0 Å². The molecule has 148 valence electrons. The lowest BCUT2D eigenvalue weighted by molar-refractivity contribution is -0.167. The van der Waals surface area contributed by atoms with E-state index in [9.17, 15) is 9.59 Å². The van der Waals surface area contributed by atoms with Crippen LogP contribution in [0.15, 0.2) is 24.3 Å². The van der Waals surface area contributed by atoms with Gasteiger partial charge >= 0.3 is 6.03 Å². The van der Waals surface area contributed by atoms with Crippen LogP contribution >= 0.6 is 0 Å². The van der Waals surface area contributed by atoms with Crippen molar-refractivity contribution >= 4 is 11.9 Å². The Kier molecular flexibility index (Phi) is 5.89. The summed E-state index contributed by atoms with van der Waals surface area (Å²) in [5.41, 5.74) is 0.760. The van der Waals surface area contributed by atoms with Crippen molar-refractivity contribution in [2.75, 3.05) is 40.4 Å². The van der Waals surface area contributed by atoms with Gasteiger partial charge in [-0.25, -0.2) is 4.79 Å². The van der Waals surface area contributed by atoms with Gasteiger partial charge in [-0.1, -0.05) is 19.1 Å². The molecular weight excluding hydrogens is 346 g/mol. The Hall–Kier alpha value is -2.28. The summed E-state index contributed by atoms with van der Waals surface area (Å²) in [6.45, 7) is 4.06. The first-order chi connectivity index (χ1) is 13.0. The van der Waals surface area contributed by atoms with E-state index in [1.165, 1.54) is 0 Å². The zero-order chi connectivity index (χ0) is 19.4. The minimum atomic E-state index is -0.306. The summed E-state index contributed by atoms with van der Waals surface area (Å²) in [6, 6.07) is 7.71. The summed E-state index contributed by atoms with van der Waals surface area (Å²) < 4.78 is 11.0. The number of hydrogen-bond acceptors (Lipinski definition) is 4. The van der Waals surface area contributed by atoms with Gasteiger partial charge in [-0.2, -0.15) is 0 Å². The maximum absolute atomic E-state index is 12.7. The van der Waals surface area contributed by atoms with E-state index in [0.29, 0.717) is 19.6 Å². The normalized spacial score (nSPS) is 20.5. The fraction of sp³-hybridized carbons (Fsp3) is 0.600.